The number of aromatic nitrogens is 1. The molecule has 6 nitrogen and oxygen atoms in total. The summed E-state index contributed by atoms with van der Waals surface area (Å²) in [5, 5.41) is 5.58. The molecule has 0 saturated heterocycles. The molecule has 0 saturated carbocycles. The summed E-state index contributed by atoms with van der Waals surface area (Å²) in [7, 11) is 0. The molecule has 0 fully saturated rings. The monoisotopic (exact) mass is 352 g/mol. The van der Waals surface area contributed by atoms with Crippen molar-refractivity contribution < 1.29 is 9.59 Å². The van der Waals surface area contributed by atoms with E-state index in [9.17, 15) is 9.59 Å². The van der Waals surface area contributed by atoms with Crippen LogP contribution in [0.2, 0.25) is 0 Å². The van der Waals surface area contributed by atoms with Crippen LogP contribution in [-0.2, 0) is 16.0 Å². The van der Waals surface area contributed by atoms with Gasteiger partial charge >= 0.3 is 0 Å². The predicted octanol–water partition coefficient (Wildman–Crippen LogP) is 2.04. The lowest BCUT2D eigenvalue weighted by molar-refractivity contribution is -0.122. The van der Waals surface area contributed by atoms with Gasteiger partial charge < -0.3 is 16.4 Å². The van der Waals surface area contributed by atoms with Crippen molar-refractivity contribution >= 4 is 17.5 Å². The zero-order valence-corrected chi connectivity index (χ0v) is 14.8. The zero-order valence-electron chi connectivity index (χ0n) is 14.8. The van der Waals surface area contributed by atoms with Crippen LogP contribution in [0, 0.1) is 0 Å². The molecule has 1 heterocycles. The van der Waals surface area contributed by atoms with Gasteiger partial charge in [0.2, 0.25) is 11.8 Å². The predicted molar refractivity (Wildman–Crippen MR) is 102 cm³/mol. The van der Waals surface area contributed by atoms with Crippen LogP contribution < -0.4 is 16.4 Å². The first-order chi connectivity index (χ1) is 12.5. The summed E-state index contributed by atoms with van der Waals surface area (Å²) in [6.07, 6.45) is 7.75. The average Bonchev–Trinajstić information content (AvgIpc) is 2.65. The molecule has 2 amide bonds. The molecule has 136 valence electrons. The normalized spacial score (nSPS) is 13.2. The number of rotatable bonds is 8. The summed E-state index contributed by atoms with van der Waals surface area (Å²) in [6, 6.07) is 12.6. The Morgan fingerprint density at radius 2 is 1.96 bits per heavy atom. The van der Waals surface area contributed by atoms with E-state index in [4.69, 9.17) is 5.73 Å². The third-order valence-electron chi connectivity index (χ3n) is 3.74. The van der Waals surface area contributed by atoms with Crippen LogP contribution >= 0.6 is 0 Å². The largest absolute Gasteiger partial charge is 0.349 e. The number of amides is 2. The number of nitrogens with zero attached hydrogens (tertiary/aromatic N) is 1. The van der Waals surface area contributed by atoms with Crippen LogP contribution in [0.1, 0.15) is 18.9 Å². The smallest absolute Gasteiger partial charge is 0.248 e. The fourth-order valence-electron chi connectivity index (χ4n) is 2.32. The summed E-state index contributed by atoms with van der Waals surface area (Å²) in [4.78, 5) is 27.9. The van der Waals surface area contributed by atoms with E-state index >= 15 is 0 Å². The molecule has 0 spiro atoms. The number of pyridine rings is 1. The lowest BCUT2D eigenvalue weighted by Gasteiger charge is -2.17. The van der Waals surface area contributed by atoms with Crippen LogP contribution in [-0.4, -0.2) is 28.9 Å². The number of carbonyl (C=O) groups excluding carboxylic acids is 2. The minimum Gasteiger partial charge on any atom is -0.349 e. The molecule has 2 aromatic rings. The van der Waals surface area contributed by atoms with Gasteiger partial charge in [0, 0.05) is 18.3 Å². The number of hydrogen-bond acceptors (Lipinski definition) is 4. The van der Waals surface area contributed by atoms with Gasteiger partial charge in [0.15, 0.2) is 0 Å². The average molecular weight is 352 g/mol. The van der Waals surface area contributed by atoms with E-state index in [1.807, 2.05) is 30.3 Å². The molecule has 2 rings (SSSR count). The second-order valence-corrected chi connectivity index (χ2v) is 6.02. The topological polar surface area (TPSA) is 97.1 Å². The lowest BCUT2D eigenvalue weighted by Crippen LogP contribution is -2.43. The molecule has 0 aliphatic heterocycles. The fraction of sp³-hybridized carbons (Fsp3) is 0.250. The Hall–Kier alpha value is -2.99. The molecule has 0 radical (unpaired) electrons. The Morgan fingerprint density at radius 1 is 1.19 bits per heavy atom. The molecule has 1 aromatic carbocycles. The number of anilines is 1. The van der Waals surface area contributed by atoms with E-state index in [-0.39, 0.29) is 17.9 Å². The van der Waals surface area contributed by atoms with Gasteiger partial charge in [-0.15, -0.1) is 0 Å². The molecular formula is C20H24N4O2. The van der Waals surface area contributed by atoms with Gasteiger partial charge in [-0.3, -0.25) is 14.6 Å². The Labute approximate surface area is 153 Å². The Morgan fingerprint density at radius 3 is 2.62 bits per heavy atom. The minimum atomic E-state index is -0.605. The van der Waals surface area contributed by atoms with Crippen molar-refractivity contribution in [2.45, 2.75) is 31.8 Å². The van der Waals surface area contributed by atoms with Gasteiger partial charge in [0.05, 0.1) is 17.9 Å². The Bertz CT molecular complexity index is 730. The van der Waals surface area contributed by atoms with Crippen LogP contribution in [0.5, 0.6) is 0 Å². The molecule has 2 atom stereocenters. The molecule has 4 N–H and O–H groups in total. The molecule has 0 bridgehead atoms. The first kappa shape index (κ1) is 19.3. The summed E-state index contributed by atoms with van der Waals surface area (Å²) in [5.41, 5.74) is 7.41. The first-order valence-electron chi connectivity index (χ1n) is 8.53. The number of nitrogens with one attached hydrogen (secondary N) is 2. The second kappa shape index (κ2) is 10.1. The van der Waals surface area contributed by atoms with Crippen LogP contribution in [0.3, 0.4) is 0 Å². The second-order valence-electron chi connectivity index (χ2n) is 6.02. The lowest BCUT2D eigenvalue weighted by atomic mass is 10.0. The maximum Gasteiger partial charge on any atom is 0.248 e. The summed E-state index contributed by atoms with van der Waals surface area (Å²) in [6.45, 7) is 1.63. The summed E-state index contributed by atoms with van der Waals surface area (Å²) < 4.78 is 0. The number of aryl methyl sites for hydroxylation is 1. The zero-order chi connectivity index (χ0) is 18.8. The number of carbonyl (C=O) groups is 2. The van der Waals surface area contributed by atoms with E-state index in [0.29, 0.717) is 12.1 Å². The van der Waals surface area contributed by atoms with E-state index in [1.165, 1.54) is 11.6 Å². The number of nitrogens with two attached hydrogens (primary N) is 1. The minimum absolute atomic E-state index is 0.250. The van der Waals surface area contributed by atoms with Crippen molar-refractivity contribution in [2.75, 3.05) is 5.32 Å². The standard InChI is InChI=1S/C20H24N4O2/c1-15(21)20(26)24-17(10-9-16-6-3-2-4-7-16)11-12-19(25)23-18-8-5-13-22-14-18/h2-8,11-15,17H,9-10,21H2,1H3,(H,23,25)(H,24,26)/t15-,17-/m0/s1. The number of hydrogen-bond donors (Lipinski definition) is 3. The van der Waals surface area contributed by atoms with Gasteiger partial charge in [-0.25, -0.2) is 0 Å². The fourth-order valence-corrected chi connectivity index (χ4v) is 2.32. The molecule has 6 heteroatoms. The highest BCUT2D eigenvalue weighted by molar-refractivity contribution is 5.99. The Balaban J connectivity index is 1.97. The highest BCUT2D eigenvalue weighted by Crippen LogP contribution is 2.07. The van der Waals surface area contributed by atoms with Crippen molar-refractivity contribution in [1.82, 2.24) is 10.3 Å². The highest BCUT2D eigenvalue weighted by Gasteiger charge is 2.13. The quantitative estimate of drug-likeness (QED) is 0.633. The van der Waals surface area contributed by atoms with Crippen molar-refractivity contribution in [3.8, 4) is 0 Å². The molecular weight excluding hydrogens is 328 g/mol. The van der Waals surface area contributed by atoms with Gasteiger partial charge in [-0.2, -0.15) is 0 Å². The van der Waals surface area contributed by atoms with Crippen molar-refractivity contribution in [1.29, 1.82) is 0 Å². The van der Waals surface area contributed by atoms with Gasteiger partial charge in [0.1, 0.15) is 0 Å². The van der Waals surface area contributed by atoms with Gasteiger partial charge in [-0.05, 0) is 37.5 Å². The molecule has 0 aliphatic carbocycles. The van der Waals surface area contributed by atoms with Crippen molar-refractivity contribution in [3.05, 3.63) is 72.6 Å². The van der Waals surface area contributed by atoms with Crippen LogP contribution in [0.15, 0.2) is 67.0 Å². The highest BCUT2D eigenvalue weighted by atomic mass is 16.2. The summed E-state index contributed by atoms with van der Waals surface area (Å²) in [5.74, 6) is -0.530. The SMILES string of the molecule is C[C@H](N)C(=O)N[C@H](C=CC(=O)Nc1cccnc1)CCc1ccccc1. The third kappa shape index (κ3) is 6.86. The van der Waals surface area contributed by atoms with Crippen molar-refractivity contribution in [3.63, 3.8) is 0 Å². The molecule has 0 aliphatic rings. The maximum atomic E-state index is 12.0. The van der Waals surface area contributed by atoms with E-state index < -0.39 is 6.04 Å². The molecule has 26 heavy (non-hydrogen) atoms. The van der Waals surface area contributed by atoms with Gasteiger partial charge in [0.25, 0.3) is 0 Å². The molecule has 0 unspecified atom stereocenters. The van der Waals surface area contributed by atoms with Crippen LogP contribution in [0.4, 0.5) is 5.69 Å². The van der Waals surface area contributed by atoms with Crippen LogP contribution in [0.25, 0.3) is 0 Å². The van der Waals surface area contributed by atoms with Crippen molar-refractivity contribution in [2.24, 2.45) is 5.73 Å². The maximum absolute atomic E-state index is 12.0. The third-order valence-corrected chi connectivity index (χ3v) is 3.74. The van der Waals surface area contributed by atoms with E-state index in [2.05, 4.69) is 15.6 Å². The Kier molecular flexibility index (Phi) is 7.51. The first-order valence-corrected chi connectivity index (χ1v) is 8.53. The number of benzene rings is 1. The van der Waals surface area contributed by atoms with E-state index in [1.54, 1.807) is 37.5 Å². The molecule has 1 aromatic heterocycles. The summed E-state index contributed by atoms with van der Waals surface area (Å²) >= 11 is 0. The van der Waals surface area contributed by atoms with E-state index in [0.717, 1.165) is 6.42 Å². The van der Waals surface area contributed by atoms with Gasteiger partial charge in [-0.1, -0.05) is 36.4 Å².